The summed E-state index contributed by atoms with van der Waals surface area (Å²) >= 11 is 0. The highest BCUT2D eigenvalue weighted by Crippen LogP contribution is 2.27. The van der Waals surface area contributed by atoms with Crippen LogP contribution in [0, 0.1) is 19.7 Å². The SMILES string of the molecule is CCOc1ccc(N(CC(=O)Nc2c(C)cccc2C)S(=O)(=O)c2ccc(F)cc2)cc1. The molecule has 0 spiro atoms. The molecule has 3 rings (SSSR count). The van der Waals surface area contributed by atoms with Crippen LogP contribution in [0.15, 0.2) is 71.6 Å². The first-order chi connectivity index (χ1) is 15.2. The predicted octanol–water partition coefficient (Wildman–Crippen LogP) is 4.68. The number of halogens is 1. The number of sulfonamides is 1. The maximum Gasteiger partial charge on any atom is 0.264 e. The van der Waals surface area contributed by atoms with Gasteiger partial charge in [-0.3, -0.25) is 9.10 Å². The first-order valence-electron chi connectivity index (χ1n) is 10.1. The van der Waals surface area contributed by atoms with E-state index in [1.54, 1.807) is 24.3 Å². The molecule has 0 unspecified atom stereocenters. The summed E-state index contributed by atoms with van der Waals surface area (Å²) in [6, 6.07) is 16.5. The van der Waals surface area contributed by atoms with E-state index in [4.69, 9.17) is 4.74 Å². The highest BCUT2D eigenvalue weighted by molar-refractivity contribution is 7.92. The van der Waals surface area contributed by atoms with E-state index in [9.17, 15) is 17.6 Å². The van der Waals surface area contributed by atoms with E-state index in [0.29, 0.717) is 18.0 Å². The number of benzene rings is 3. The van der Waals surface area contributed by atoms with E-state index in [2.05, 4.69) is 5.32 Å². The summed E-state index contributed by atoms with van der Waals surface area (Å²) < 4.78 is 46.5. The number of para-hydroxylation sites is 1. The maximum absolute atomic E-state index is 13.4. The van der Waals surface area contributed by atoms with Gasteiger partial charge in [0.05, 0.1) is 17.2 Å². The minimum atomic E-state index is -4.14. The quantitative estimate of drug-likeness (QED) is 0.534. The van der Waals surface area contributed by atoms with Gasteiger partial charge >= 0.3 is 0 Å². The third-order valence-corrected chi connectivity index (χ3v) is 6.66. The van der Waals surface area contributed by atoms with Crippen LogP contribution in [-0.2, 0) is 14.8 Å². The third kappa shape index (κ3) is 5.26. The topological polar surface area (TPSA) is 75.7 Å². The van der Waals surface area contributed by atoms with Crippen LogP contribution in [0.3, 0.4) is 0 Å². The van der Waals surface area contributed by atoms with Crippen LogP contribution >= 0.6 is 0 Å². The second-order valence-electron chi connectivity index (χ2n) is 7.21. The van der Waals surface area contributed by atoms with Crippen LogP contribution in [0.5, 0.6) is 5.75 Å². The van der Waals surface area contributed by atoms with Crippen molar-refractivity contribution in [3.05, 3.63) is 83.7 Å². The molecule has 0 aromatic heterocycles. The highest BCUT2D eigenvalue weighted by atomic mass is 32.2. The van der Waals surface area contributed by atoms with Crippen molar-refractivity contribution in [1.82, 2.24) is 0 Å². The summed E-state index contributed by atoms with van der Waals surface area (Å²) in [5.74, 6) is -0.471. The number of rotatable bonds is 8. The molecular formula is C24H25FN2O4S. The molecule has 0 saturated heterocycles. The molecule has 1 amide bonds. The lowest BCUT2D eigenvalue weighted by Gasteiger charge is -2.24. The lowest BCUT2D eigenvalue weighted by atomic mass is 10.1. The second kappa shape index (κ2) is 9.82. The maximum atomic E-state index is 13.4. The Morgan fingerprint density at radius 3 is 2.12 bits per heavy atom. The fourth-order valence-electron chi connectivity index (χ4n) is 3.25. The van der Waals surface area contributed by atoms with Crippen LogP contribution < -0.4 is 14.4 Å². The number of carbonyl (C=O) groups excluding carboxylic acids is 1. The number of carbonyl (C=O) groups is 1. The Hall–Kier alpha value is -3.39. The van der Waals surface area contributed by atoms with Crippen molar-refractivity contribution in [1.29, 1.82) is 0 Å². The van der Waals surface area contributed by atoms with Crippen molar-refractivity contribution < 1.29 is 22.3 Å². The molecule has 168 valence electrons. The van der Waals surface area contributed by atoms with Crippen molar-refractivity contribution >= 4 is 27.3 Å². The van der Waals surface area contributed by atoms with Crippen molar-refractivity contribution in [2.75, 3.05) is 22.8 Å². The van der Waals surface area contributed by atoms with E-state index >= 15 is 0 Å². The Morgan fingerprint density at radius 1 is 0.969 bits per heavy atom. The Kier molecular flexibility index (Phi) is 7.15. The van der Waals surface area contributed by atoms with E-state index in [1.807, 2.05) is 39.0 Å². The minimum absolute atomic E-state index is 0.118. The Morgan fingerprint density at radius 2 is 1.56 bits per heavy atom. The molecule has 32 heavy (non-hydrogen) atoms. The number of ether oxygens (including phenoxy) is 1. The number of hydrogen-bond donors (Lipinski definition) is 1. The molecule has 8 heteroatoms. The number of hydrogen-bond acceptors (Lipinski definition) is 4. The van der Waals surface area contributed by atoms with Crippen molar-refractivity contribution in [2.45, 2.75) is 25.7 Å². The largest absolute Gasteiger partial charge is 0.494 e. The van der Waals surface area contributed by atoms with Gasteiger partial charge < -0.3 is 10.1 Å². The first kappa shape index (κ1) is 23.3. The number of anilines is 2. The number of nitrogens with zero attached hydrogens (tertiary/aromatic N) is 1. The normalized spacial score (nSPS) is 11.1. The number of aryl methyl sites for hydroxylation is 2. The molecule has 0 aliphatic heterocycles. The van der Waals surface area contributed by atoms with Gasteiger partial charge in [0.1, 0.15) is 18.1 Å². The molecule has 0 saturated carbocycles. The van der Waals surface area contributed by atoms with E-state index in [1.165, 1.54) is 12.1 Å². The molecule has 3 aromatic carbocycles. The van der Waals surface area contributed by atoms with Gasteiger partial charge in [-0.05, 0) is 80.4 Å². The van der Waals surface area contributed by atoms with Gasteiger partial charge in [0.25, 0.3) is 10.0 Å². The van der Waals surface area contributed by atoms with Gasteiger partial charge in [-0.15, -0.1) is 0 Å². The Bertz CT molecular complexity index is 1170. The summed E-state index contributed by atoms with van der Waals surface area (Å²) in [7, 11) is -4.14. The Balaban J connectivity index is 1.96. The van der Waals surface area contributed by atoms with Crippen LogP contribution in [0.25, 0.3) is 0 Å². The fraction of sp³-hybridized carbons (Fsp3) is 0.208. The lowest BCUT2D eigenvalue weighted by molar-refractivity contribution is -0.114. The zero-order valence-corrected chi connectivity index (χ0v) is 18.9. The average molecular weight is 457 g/mol. The van der Waals surface area contributed by atoms with E-state index < -0.39 is 28.3 Å². The number of nitrogens with one attached hydrogen (secondary N) is 1. The molecule has 0 atom stereocenters. The molecule has 0 radical (unpaired) electrons. The van der Waals surface area contributed by atoms with Crippen molar-refractivity contribution in [3.8, 4) is 5.75 Å². The van der Waals surface area contributed by atoms with E-state index in [-0.39, 0.29) is 10.6 Å². The monoisotopic (exact) mass is 456 g/mol. The number of amides is 1. The predicted molar refractivity (Wildman–Crippen MR) is 123 cm³/mol. The van der Waals surface area contributed by atoms with Gasteiger partial charge in [0, 0.05) is 5.69 Å². The molecule has 1 N–H and O–H groups in total. The molecule has 6 nitrogen and oxygen atoms in total. The minimum Gasteiger partial charge on any atom is -0.494 e. The van der Waals surface area contributed by atoms with Gasteiger partial charge in [0.15, 0.2) is 0 Å². The lowest BCUT2D eigenvalue weighted by Crippen LogP contribution is -2.38. The van der Waals surface area contributed by atoms with Crippen LogP contribution in [0.2, 0.25) is 0 Å². The summed E-state index contributed by atoms with van der Waals surface area (Å²) in [6.45, 7) is 5.58. The van der Waals surface area contributed by atoms with Crippen LogP contribution in [0.4, 0.5) is 15.8 Å². The van der Waals surface area contributed by atoms with Crippen molar-refractivity contribution in [3.63, 3.8) is 0 Å². The molecular weight excluding hydrogens is 431 g/mol. The zero-order chi connectivity index (χ0) is 23.3. The first-order valence-corrected chi connectivity index (χ1v) is 11.5. The molecule has 0 heterocycles. The van der Waals surface area contributed by atoms with Gasteiger partial charge in [-0.2, -0.15) is 0 Å². The molecule has 0 aliphatic rings. The molecule has 0 aliphatic carbocycles. The second-order valence-corrected chi connectivity index (χ2v) is 9.07. The fourth-order valence-corrected chi connectivity index (χ4v) is 4.67. The Labute approximate surface area is 187 Å². The average Bonchev–Trinajstić information content (AvgIpc) is 2.76. The molecule has 0 bridgehead atoms. The smallest absolute Gasteiger partial charge is 0.264 e. The zero-order valence-electron chi connectivity index (χ0n) is 18.1. The third-order valence-electron chi connectivity index (χ3n) is 4.87. The molecule has 0 fully saturated rings. The van der Waals surface area contributed by atoms with Gasteiger partial charge in [-0.25, -0.2) is 12.8 Å². The summed E-state index contributed by atoms with van der Waals surface area (Å²) in [6.07, 6.45) is 0. The van der Waals surface area contributed by atoms with Crippen molar-refractivity contribution in [2.24, 2.45) is 0 Å². The standard InChI is InChI=1S/C24H25FN2O4S/c1-4-31-21-12-10-20(11-13-21)27(32(29,30)22-14-8-19(25)9-15-22)16-23(28)26-24-17(2)6-5-7-18(24)3/h5-15H,4,16H2,1-3H3,(H,26,28). The summed E-state index contributed by atoms with van der Waals surface area (Å²) in [5.41, 5.74) is 2.66. The highest BCUT2D eigenvalue weighted by Gasteiger charge is 2.27. The van der Waals surface area contributed by atoms with Crippen LogP contribution in [0.1, 0.15) is 18.1 Å². The van der Waals surface area contributed by atoms with Gasteiger partial charge in [0.2, 0.25) is 5.91 Å². The van der Waals surface area contributed by atoms with Crippen LogP contribution in [-0.4, -0.2) is 27.5 Å². The summed E-state index contributed by atoms with van der Waals surface area (Å²) in [4.78, 5) is 12.8. The van der Waals surface area contributed by atoms with E-state index in [0.717, 1.165) is 27.6 Å². The summed E-state index contributed by atoms with van der Waals surface area (Å²) in [5, 5.41) is 2.81. The molecule has 3 aromatic rings. The van der Waals surface area contributed by atoms with Gasteiger partial charge in [-0.1, -0.05) is 18.2 Å².